The maximum absolute atomic E-state index is 13.4. The molecule has 41 heavy (non-hydrogen) atoms. The summed E-state index contributed by atoms with van der Waals surface area (Å²) in [6.45, 7) is 11.7. The predicted molar refractivity (Wildman–Crippen MR) is 154 cm³/mol. The summed E-state index contributed by atoms with van der Waals surface area (Å²) in [6.07, 6.45) is 2.84. The second-order valence-electron chi connectivity index (χ2n) is 11.5. The van der Waals surface area contributed by atoms with Crippen molar-refractivity contribution in [2.45, 2.75) is 38.7 Å². The number of rotatable bonds is 6. The molecule has 1 atom stereocenters. The van der Waals surface area contributed by atoms with Crippen molar-refractivity contribution in [1.82, 2.24) is 19.9 Å². The smallest absolute Gasteiger partial charge is 0.414 e. The second-order valence-corrected chi connectivity index (χ2v) is 11.5. The lowest BCUT2D eigenvalue weighted by molar-refractivity contribution is 0.0287. The van der Waals surface area contributed by atoms with Gasteiger partial charge in [0.15, 0.2) is 0 Å². The molecule has 3 aromatic rings. The molecule has 1 saturated heterocycles. The maximum atomic E-state index is 13.4. The van der Waals surface area contributed by atoms with Crippen molar-refractivity contribution < 1.29 is 19.0 Å². The van der Waals surface area contributed by atoms with Crippen molar-refractivity contribution in [1.29, 1.82) is 5.26 Å². The SMILES string of the molecule is COc1ncccc1Nc1nccc(-c2cc(C#N)c3c(c2)C(C)(CN2CCOCC2)CN3C(=O)OC(C)(C)C)n1. The van der Waals surface area contributed by atoms with Crippen molar-refractivity contribution in [3.8, 4) is 23.2 Å². The monoisotopic (exact) mass is 557 g/mol. The summed E-state index contributed by atoms with van der Waals surface area (Å²) in [5.74, 6) is 0.784. The number of nitrogens with zero attached hydrogens (tertiary/aromatic N) is 6. The van der Waals surface area contributed by atoms with Gasteiger partial charge in [-0.1, -0.05) is 6.92 Å². The Bertz CT molecular complexity index is 1480. The fourth-order valence-electron chi connectivity index (χ4n) is 5.34. The fourth-order valence-corrected chi connectivity index (χ4v) is 5.34. The minimum absolute atomic E-state index is 0.360. The van der Waals surface area contributed by atoms with Crippen LogP contribution in [-0.4, -0.2) is 78.0 Å². The fraction of sp³-hybridized carbons (Fsp3) is 0.433. The minimum atomic E-state index is -0.672. The zero-order valence-electron chi connectivity index (χ0n) is 24.1. The average molecular weight is 558 g/mol. The Morgan fingerprint density at radius 1 is 1.20 bits per heavy atom. The number of hydrogen-bond donors (Lipinski definition) is 1. The highest BCUT2D eigenvalue weighted by Gasteiger charge is 2.45. The van der Waals surface area contributed by atoms with Crippen LogP contribution in [0.15, 0.2) is 42.7 Å². The van der Waals surface area contributed by atoms with Crippen LogP contribution in [0.1, 0.15) is 38.8 Å². The van der Waals surface area contributed by atoms with Gasteiger partial charge in [-0.15, -0.1) is 0 Å². The summed E-state index contributed by atoms with van der Waals surface area (Å²) in [7, 11) is 1.55. The first-order chi connectivity index (χ1) is 19.6. The molecule has 2 aliphatic rings. The molecule has 1 N–H and O–H groups in total. The van der Waals surface area contributed by atoms with Gasteiger partial charge < -0.3 is 19.5 Å². The van der Waals surface area contributed by atoms with Crippen LogP contribution in [0, 0.1) is 11.3 Å². The van der Waals surface area contributed by atoms with Gasteiger partial charge in [-0.2, -0.15) is 5.26 Å². The number of hydrogen-bond acceptors (Lipinski definition) is 10. The molecular weight excluding hydrogens is 522 g/mol. The van der Waals surface area contributed by atoms with E-state index in [-0.39, 0.29) is 0 Å². The van der Waals surface area contributed by atoms with E-state index in [0.29, 0.717) is 60.8 Å². The third kappa shape index (κ3) is 6.09. The number of carbonyl (C=O) groups is 1. The Balaban J connectivity index is 1.56. The molecule has 4 heterocycles. The Hall–Kier alpha value is -4.27. The number of nitriles is 1. The lowest BCUT2D eigenvalue weighted by Crippen LogP contribution is -2.47. The predicted octanol–water partition coefficient (Wildman–Crippen LogP) is 4.51. The van der Waals surface area contributed by atoms with Gasteiger partial charge in [-0.3, -0.25) is 9.80 Å². The van der Waals surface area contributed by atoms with E-state index < -0.39 is 17.1 Å². The molecule has 1 aromatic carbocycles. The van der Waals surface area contributed by atoms with E-state index >= 15 is 0 Å². The molecule has 5 rings (SSSR count). The van der Waals surface area contributed by atoms with Crippen LogP contribution in [0.5, 0.6) is 5.88 Å². The van der Waals surface area contributed by atoms with Crippen LogP contribution in [0.25, 0.3) is 11.3 Å². The molecule has 0 spiro atoms. The first-order valence-corrected chi connectivity index (χ1v) is 13.6. The summed E-state index contributed by atoms with van der Waals surface area (Å²) in [5, 5.41) is 13.4. The van der Waals surface area contributed by atoms with E-state index in [2.05, 4.69) is 33.2 Å². The van der Waals surface area contributed by atoms with Gasteiger partial charge >= 0.3 is 6.09 Å². The third-order valence-corrected chi connectivity index (χ3v) is 7.11. The molecule has 2 aliphatic heterocycles. The van der Waals surface area contributed by atoms with Crippen LogP contribution >= 0.6 is 0 Å². The maximum Gasteiger partial charge on any atom is 0.414 e. The summed E-state index contributed by atoms with van der Waals surface area (Å²) >= 11 is 0. The van der Waals surface area contributed by atoms with Crippen LogP contribution in [0.2, 0.25) is 0 Å². The van der Waals surface area contributed by atoms with Gasteiger partial charge in [0.25, 0.3) is 0 Å². The molecule has 0 bridgehead atoms. The van der Waals surface area contributed by atoms with Gasteiger partial charge in [0.05, 0.1) is 37.3 Å². The molecule has 214 valence electrons. The largest absolute Gasteiger partial charge is 0.480 e. The molecule has 11 nitrogen and oxygen atoms in total. The molecule has 1 unspecified atom stereocenters. The van der Waals surface area contributed by atoms with Crippen molar-refractivity contribution in [3.05, 3.63) is 53.9 Å². The quantitative estimate of drug-likeness (QED) is 0.463. The van der Waals surface area contributed by atoms with Gasteiger partial charge in [-0.05, 0) is 56.7 Å². The minimum Gasteiger partial charge on any atom is -0.480 e. The average Bonchev–Trinajstić information content (AvgIpc) is 3.25. The van der Waals surface area contributed by atoms with E-state index in [1.807, 2.05) is 32.9 Å². The van der Waals surface area contributed by atoms with Crippen molar-refractivity contribution in [3.63, 3.8) is 0 Å². The molecule has 0 aliphatic carbocycles. The lowest BCUT2D eigenvalue weighted by atomic mass is 9.82. The van der Waals surface area contributed by atoms with Gasteiger partial charge in [-0.25, -0.2) is 19.7 Å². The van der Waals surface area contributed by atoms with E-state index in [1.165, 1.54) is 0 Å². The van der Waals surface area contributed by atoms with Crippen molar-refractivity contribution >= 4 is 23.4 Å². The van der Waals surface area contributed by atoms with Crippen LogP contribution < -0.4 is 15.0 Å². The number of morpholine rings is 1. The number of nitrogens with one attached hydrogen (secondary N) is 1. The highest BCUT2D eigenvalue weighted by molar-refractivity contribution is 5.95. The number of anilines is 3. The molecule has 0 saturated carbocycles. The summed E-state index contributed by atoms with van der Waals surface area (Å²) in [4.78, 5) is 30.7. The first kappa shape index (κ1) is 28.3. The van der Waals surface area contributed by atoms with Crippen LogP contribution in [0.3, 0.4) is 0 Å². The highest BCUT2D eigenvalue weighted by atomic mass is 16.6. The Kier molecular flexibility index (Phi) is 7.80. The second kappa shape index (κ2) is 11.3. The summed E-state index contributed by atoms with van der Waals surface area (Å²) in [6, 6.07) is 11.6. The van der Waals surface area contributed by atoms with E-state index in [0.717, 1.165) is 24.2 Å². The topological polar surface area (TPSA) is 126 Å². The first-order valence-electron chi connectivity index (χ1n) is 13.6. The molecular formula is C30H35N7O4. The van der Waals surface area contributed by atoms with Gasteiger partial charge in [0, 0.05) is 49.6 Å². The van der Waals surface area contributed by atoms with E-state index in [4.69, 9.17) is 19.2 Å². The molecule has 1 amide bonds. The number of benzene rings is 1. The number of aromatic nitrogens is 3. The number of amides is 1. The van der Waals surface area contributed by atoms with Gasteiger partial charge in [0.2, 0.25) is 11.8 Å². The van der Waals surface area contributed by atoms with Crippen LogP contribution in [0.4, 0.5) is 22.1 Å². The Morgan fingerprint density at radius 2 is 1.98 bits per heavy atom. The Labute approximate surface area is 240 Å². The molecule has 2 aromatic heterocycles. The third-order valence-electron chi connectivity index (χ3n) is 7.11. The Morgan fingerprint density at radius 3 is 2.68 bits per heavy atom. The highest BCUT2D eigenvalue weighted by Crippen LogP contribution is 2.46. The lowest BCUT2D eigenvalue weighted by Gasteiger charge is -2.35. The zero-order valence-corrected chi connectivity index (χ0v) is 24.1. The van der Waals surface area contributed by atoms with Gasteiger partial charge in [0.1, 0.15) is 17.4 Å². The summed E-state index contributed by atoms with van der Waals surface area (Å²) in [5.41, 5.74) is 2.77. The standard InChI is InChI=1S/C30H35N7O4/c1-29(2,3)41-28(38)37-19-30(4,18-36-11-13-40-14-12-36)22-16-20(15-21(17-31)25(22)37)23-8-10-33-27(34-23)35-24-7-6-9-32-26(24)39-5/h6-10,15-16H,11-14,18-19H2,1-5H3,(H,33,34,35). The van der Waals surface area contributed by atoms with Crippen molar-refractivity contribution in [2.75, 3.05) is 56.7 Å². The number of carbonyl (C=O) groups excluding carboxylic acids is 1. The molecule has 11 heteroatoms. The number of methoxy groups -OCH3 is 1. The zero-order chi connectivity index (χ0) is 29.2. The normalized spacial score (nSPS) is 18.9. The number of pyridine rings is 1. The molecule has 0 radical (unpaired) electrons. The van der Waals surface area contributed by atoms with E-state index in [1.54, 1.807) is 42.6 Å². The number of ether oxygens (including phenoxy) is 3. The van der Waals surface area contributed by atoms with Crippen LogP contribution in [-0.2, 0) is 14.9 Å². The summed E-state index contributed by atoms with van der Waals surface area (Å²) < 4.78 is 16.7. The molecule has 1 fully saturated rings. The number of fused-ring (bicyclic) bond motifs is 1. The van der Waals surface area contributed by atoms with E-state index in [9.17, 15) is 10.1 Å². The van der Waals surface area contributed by atoms with Crippen molar-refractivity contribution in [2.24, 2.45) is 0 Å².